The highest BCUT2D eigenvalue weighted by Gasteiger charge is 2.17. The van der Waals surface area contributed by atoms with Crippen molar-refractivity contribution in [2.75, 3.05) is 24.9 Å². The first kappa shape index (κ1) is 23.8. The van der Waals surface area contributed by atoms with Crippen LogP contribution in [0, 0.1) is 0 Å². The Labute approximate surface area is 202 Å². The first-order valence-corrected chi connectivity index (χ1v) is 10.9. The number of carbonyl (C=O) groups is 1. The van der Waals surface area contributed by atoms with Crippen LogP contribution >= 0.6 is 39.1 Å². The van der Waals surface area contributed by atoms with Crippen LogP contribution in [0.2, 0.25) is 5.02 Å². The molecule has 0 saturated heterocycles. The number of benzene rings is 2. The second-order valence-corrected chi connectivity index (χ2v) is 7.83. The number of methoxy groups -OCH3 is 1. The van der Waals surface area contributed by atoms with E-state index in [9.17, 15) is 4.79 Å². The lowest BCUT2D eigenvalue weighted by molar-refractivity contribution is 0.0946. The largest absolute Gasteiger partial charge is 0.493 e. The number of amides is 1. The number of ether oxygens (including phenoxy) is 2. The highest BCUT2D eigenvalue weighted by Crippen LogP contribution is 2.37. The van der Waals surface area contributed by atoms with Crippen LogP contribution in [-0.4, -0.2) is 42.0 Å². The van der Waals surface area contributed by atoms with Crippen molar-refractivity contribution in [1.82, 2.24) is 15.7 Å². The van der Waals surface area contributed by atoms with Crippen LogP contribution in [-0.2, 0) is 6.61 Å². The summed E-state index contributed by atoms with van der Waals surface area (Å²) in [6, 6.07) is 10.9. The van der Waals surface area contributed by atoms with Crippen molar-refractivity contribution in [2.24, 2.45) is 5.10 Å². The van der Waals surface area contributed by atoms with Gasteiger partial charge in [0.15, 0.2) is 11.5 Å². The number of rotatable bonds is 10. The standard InChI is InChI=1S/C20H18BrCl2N5O4/c1-30-16-9-12(8-14(21)18(16)31-11-13-4-2-3-5-15(13)23)10-25-26-20(29)17-19(24-7-6-22)28-32-27-17/h2-5,8-10H,6-7,11H2,1H3,(H,24,28)(H,26,29)/b25-10-. The van der Waals surface area contributed by atoms with E-state index in [2.05, 4.69) is 46.7 Å². The van der Waals surface area contributed by atoms with E-state index < -0.39 is 5.91 Å². The molecule has 0 aliphatic heterocycles. The number of anilines is 1. The van der Waals surface area contributed by atoms with Gasteiger partial charge in [-0.3, -0.25) is 4.79 Å². The summed E-state index contributed by atoms with van der Waals surface area (Å²) < 4.78 is 16.6. The average molecular weight is 543 g/mol. The third-order valence-electron chi connectivity index (χ3n) is 4.05. The fraction of sp³-hybridized carbons (Fsp3) is 0.200. The first-order valence-electron chi connectivity index (χ1n) is 9.23. The molecule has 0 aliphatic carbocycles. The molecule has 9 nitrogen and oxygen atoms in total. The van der Waals surface area contributed by atoms with Gasteiger partial charge in [0.05, 0.1) is 17.8 Å². The van der Waals surface area contributed by atoms with Crippen LogP contribution in [0.25, 0.3) is 0 Å². The molecule has 2 aromatic carbocycles. The zero-order chi connectivity index (χ0) is 22.9. The molecule has 0 atom stereocenters. The van der Waals surface area contributed by atoms with Gasteiger partial charge in [0.25, 0.3) is 5.91 Å². The molecule has 1 heterocycles. The Hall–Kier alpha value is -2.82. The van der Waals surface area contributed by atoms with Gasteiger partial charge in [-0.2, -0.15) is 5.10 Å². The Morgan fingerprint density at radius 3 is 2.88 bits per heavy atom. The lowest BCUT2D eigenvalue weighted by Crippen LogP contribution is -2.20. The van der Waals surface area contributed by atoms with Crippen molar-refractivity contribution in [3.05, 3.63) is 62.7 Å². The number of hydrogen-bond donors (Lipinski definition) is 2. The van der Waals surface area contributed by atoms with Crippen LogP contribution in [0.5, 0.6) is 11.5 Å². The number of nitrogens with one attached hydrogen (secondary N) is 2. The van der Waals surface area contributed by atoms with Gasteiger partial charge >= 0.3 is 0 Å². The number of alkyl halides is 1. The topological polar surface area (TPSA) is 111 Å². The van der Waals surface area contributed by atoms with Crippen molar-refractivity contribution in [3.63, 3.8) is 0 Å². The fourth-order valence-electron chi connectivity index (χ4n) is 2.56. The molecule has 0 bridgehead atoms. The highest BCUT2D eigenvalue weighted by atomic mass is 79.9. The molecule has 2 N–H and O–H groups in total. The minimum atomic E-state index is -0.592. The monoisotopic (exact) mass is 541 g/mol. The van der Waals surface area contributed by atoms with E-state index >= 15 is 0 Å². The van der Waals surface area contributed by atoms with E-state index in [4.69, 9.17) is 32.7 Å². The molecule has 0 saturated carbocycles. The van der Waals surface area contributed by atoms with E-state index in [0.29, 0.717) is 39.0 Å². The maximum absolute atomic E-state index is 12.2. The Morgan fingerprint density at radius 1 is 1.31 bits per heavy atom. The predicted molar refractivity (Wildman–Crippen MR) is 125 cm³/mol. The van der Waals surface area contributed by atoms with E-state index in [0.717, 1.165) is 5.56 Å². The number of carbonyl (C=O) groups excluding carboxylic acids is 1. The molecule has 168 valence electrons. The third kappa shape index (κ3) is 6.12. The Bertz CT molecular complexity index is 1110. The van der Waals surface area contributed by atoms with Crippen LogP contribution < -0.4 is 20.2 Å². The van der Waals surface area contributed by atoms with Crippen LogP contribution in [0.15, 0.2) is 50.6 Å². The van der Waals surface area contributed by atoms with Crippen molar-refractivity contribution in [2.45, 2.75) is 6.61 Å². The van der Waals surface area contributed by atoms with Gasteiger partial charge in [-0.15, -0.1) is 11.6 Å². The number of hydrogen-bond acceptors (Lipinski definition) is 8. The van der Waals surface area contributed by atoms with Crippen molar-refractivity contribution < 1.29 is 18.9 Å². The van der Waals surface area contributed by atoms with Gasteiger partial charge in [-0.1, -0.05) is 29.8 Å². The number of hydrazone groups is 1. The number of nitrogens with zero attached hydrogens (tertiary/aromatic N) is 3. The molecule has 0 unspecified atom stereocenters. The lowest BCUT2D eigenvalue weighted by atomic mass is 10.2. The summed E-state index contributed by atoms with van der Waals surface area (Å²) in [5, 5.41) is 14.6. The van der Waals surface area contributed by atoms with E-state index in [1.54, 1.807) is 18.2 Å². The van der Waals surface area contributed by atoms with Crippen molar-refractivity contribution in [1.29, 1.82) is 0 Å². The maximum atomic E-state index is 12.2. The third-order valence-corrected chi connectivity index (χ3v) is 5.20. The summed E-state index contributed by atoms with van der Waals surface area (Å²) in [6.07, 6.45) is 1.45. The summed E-state index contributed by atoms with van der Waals surface area (Å²) in [5.74, 6) is 0.916. The Kier molecular flexibility index (Phi) is 8.72. The second kappa shape index (κ2) is 11.7. The van der Waals surface area contributed by atoms with E-state index in [1.807, 2.05) is 18.2 Å². The van der Waals surface area contributed by atoms with E-state index in [-0.39, 0.29) is 18.1 Å². The maximum Gasteiger partial charge on any atom is 0.297 e. The van der Waals surface area contributed by atoms with Gasteiger partial charge in [-0.05, 0) is 50.0 Å². The minimum Gasteiger partial charge on any atom is -0.493 e. The lowest BCUT2D eigenvalue weighted by Gasteiger charge is -2.14. The summed E-state index contributed by atoms with van der Waals surface area (Å²) >= 11 is 15.3. The molecule has 0 spiro atoms. The summed E-state index contributed by atoms with van der Waals surface area (Å²) in [5.41, 5.74) is 3.83. The normalized spacial score (nSPS) is 10.9. The molecule has 32 heavy (non-hydrogen) atoms. The summed E-state index contributed by atoms with van der Waals surface area (Å²) in [7, 11) is 1.53. The molecule has 1 amide bonds. The molecule has 12 heteroatoms. The molecular weight excluding hydrogens is 525 g/mol. The first-order chi connectivity index (χ1) is 15.5. The van der Waals surface area contributed by atoms with Gasteiger partial charge in [0, 0.05) is 23.0 Å². The molecule has 1 aromatic heterocycles. The van der Waals surface area contributed by atoms with Gasteiger partial charge in [0.2, 0.25) is 11.5 Å². The SMILES string of the molecule is COc1cc(/C=N\NC(=O)c2nonc2NCCCl)cc(Br)c1OCc1ccccc1Cl. The quantitative estimate of drug-likeness (QED) is 0.220. The van der Waals surface area contributed by atoms with Gasteiger partial charge < -0.3 is 14.8 Å². The average Bonchev–Trinajstić information content (AvgIpc) is 3.26. The van der Waals surface area contributed by atoms with Crippen LogP contribution in [0.4, 0.5) is 5.82 Å². The highest BCUT2D eigenvalue weighted by molar-refractivity contribution is 9.10. The fourth-order valence-corrected chi connectivity index (χ4v) is 3.42. The number of aromatic nitrogens is 2. The summed E-state index contributed by atoms with van der Waals surface area (Å²) in [4.78, 5) is 12.2. The van der Waals surface area contributed by atoms with Gasteiger partial charge in [-0.25, -0.2) is 10.1 Å². The van der Waals surface area contributed by atoms with Crippen molar-refractivity contribution >= 4 is 57.1 Å². The second-order valence-electron chi connectivity index (χ2n) is 6.19. The number of halogens is 3. The van der Waals surface area contributed by atoms with Crippen LogP contribution in [0.1, 0.15) is 21.6 Å². The molecule has 3 aromatic rings. The molecular formula is C20H18BrCl2N5O4. The molecule has 3 rings (SSSR count). The van der Waals surface area contributed by atoms with E-state index in [1.165, 1.54) is 13.3 Å². The predicted octanol–water partition coefficient (Wildman–Crippen LogP) is 4.49. The smallest absolute Gasteiger partial charge is 0.297 e. The molecule has 0 radical (unpaired) electrons. The zero-order valence-electron chi connectivity index (χ0n) is 16.8. The molecule has 0 fully saturated rings. The van der Waals surface area contributed by atoms with Crippen molar-refractivity contribution in [3.8, 4) is 11.5 Å². The zero-order valence-corrected chi connectivity index (χ0v) is 19.9. The molecule has 0 aliphatic rings. The Morgan fingerprint density at radius 2 is 2.12 bits per heavy atom. The minimum absolute atomic E-state index is 0.0330. The Balaban J connectivity index is 1.68. The van der Waals surface area contributed by atoms with Gasteiger partial charge in [0.1, 0.15) is 6.61 Å². The summed E-state index contributed by atoms with van der Waals surface area (Å²) in [6.45, 7) is 0.669. The van der Waals surface area contributed by atoms with Crippen LogP contribution in [0.3, 0.4) is 0 Å².